The Hall–Kier alpha value is -1.10. The molecule has 4 nitrogen and oxygen atoms in total. The van der Waals surface area contributed by atoms with E-state index in [0.29, 0.717) is 0 Å². The molecule has 0 amide bonds. The van der Waals surface area contributed by atoms with Gasteiger partial charge in [-0.3, -0.25) is 0 Å². The van der Waals surface area contributed by atoms with Crippen LogP contribution >= 0.6 is 0 Å². The maximum Gasteiger partial charge on any atom is 0.331 e. The molecule has 0 radical (unpaired) electrons. The Morgan fingerprint density at radius 2 is 1.11 bits per heavy atom. The van der Waals surface area contributed by atoms with Crippen LogP contribution in [0.15, 0.2) is 10.8 Å². The maximum atomic E-state index is 11.7. The van der Waals surface area contributed by atoms with E-state index in [9.17, 15) is 19.8 Å². The van der Waals surface area contributed by atoms with E-state index in [-0.39, 0.29) is 27.4 Å². The smallest absolute Gasteiger partial charge is 0.331 e. The molecular weight excluding hydrogens is 260 g/mol. The number of hydrogen-bond donors (Lipinski definition) is 2. The molecule has 0 aliphatic carbocycles. The quantitative estimate of drug-likeness (QED) is 0.577. The minimum absolute atomic E-state index is 0.00438. The second-order valence-electron chi connectivity index (χ2n) is 6.01. The van der Waals surface area contributed by atoms with Crippen molar-refractivity contribution in [3.8, 4) is 0 Å². The van der Waals surface area contributed by atoms with E-state index in [0.717, 1.165) is 0 Å². The summed E-state index contributed by atoms with van der Waals surface area (Å²) in [5, 5.41) is 19.0. The molecule has 0 saturated carbocycles. The fourth-order valence-corrected chi connectivity index (χ4v) is 10.5. The van der Waals surface area contributed by atoms with Crippen molar-refractivity contribution in [3.05, 3.63) is 10.8 Å². The van der Waals surface area contributed by atoms with Gasteiger partial charge in [0.25, 0.3) is 0 Å². The number of carboxylic acid groups (broad SMARTS) is 2. The van der Waals surface area contributed by atoms with Gasteiger partial charge in [0.1, 0.15) is 8.07 Å². The van der Waals surface area contributed by atoms with Gasteiger partial charge in [0.15, 0.2) is 0 Å². The Bertz CT molecular complexity index is 372. The van der Waals surface area contributed by atoms with Gasteiger partial charge in [-0.05, 0) is 23.5 Å². The second-order valence-corrected chi connectivity index (χ2v) is 11.8. The zero-order chi connectivity index (χ0) is 15.5. The highest BCUT2D eigenvalue weighted by atomic mass is 28.3. The fraction of sp³-hybridized carbons (Fsp3) is 0.714. The number of hydrogen-bond acceptors (Lipinski definition) is 2. The van der Waals surface area contributed by atoms with Crippen molar-refractivity contribution < 1.29 is 19.8 Å². The van der Waals surface area contributed by atoms with Crippen molar-refractivity contribution in [2.45, 2.75) is 65.1 Å². The van der Waals surface area contributed by atoms with Gasteiger partial charge in [-0.2, -0.15) is 0 Å². The van der Waals surface area contributed by atoms with Crippen LogP contribution < -0.4 is 0 Å². The molecular formula is C14H26O4Si. The van der Waals surface area contributed by atoms with Gasteiger partial charge < -0.3 is 10.2 Å². The van der Waals surface area contributed by atoms with Gasteiger partial charge >= 0.3 is 11.9 Å². The Labute approximate surface area is 116 Å². The lowest BCUT2D eigenvalue weighted by molar-refractivity contribution is -0.135. The number of rotatable bonds is 6. The van der Waals surface area contributed by atoms with E-state index in [1.54, 1.807) is 0 Å². The standard InChI is InChI=1S/C14H26O4Si/c1-8(2)19(9(3)4,10(5)6)12(14(17)18)11(7)13(15)16/h8-10H,1-7H3,(H,15,16)(H,17,18). The molecule has 110 valence electrons. The summed E-state index contributed by atoms with van der Waals surface area (Å²) in [6.07, 6.45) is 0. The Kier molecular flexibility index (Phi) is 6.00. The summed E-state index contributed by atoms with van der Waals surface area (Å²) in [7, 11) is -2.45. The van der Waals surface area contributed by atoms with Gasteiger partial charge in [0, 0.05) is 10.8 Å². The van der Waals surface area contributed by atoms with E-state index >= 15 is 0 Å². The van der Waals surface area contributed by atoms with Crippen LogP contribution in [0.5, 0.6) is 0 Å². The van der Waals surface area contributed by atoms with Crippen molar-refractivity contribution in [3.63, 3.8) is 0 Å². The molecule has 0 aromatic rings. The summed E-state index contributed by atoms with van der Waals surface area (Å²) < 4.78 is 0. The van der Waals surface area contributed by atoms with Gasteiger partial charge in [-0.1, -0.05) is 41.5 Å². The van der Waals surface area contributed by atoms with Gasteiger partial charge in [0.05, 0.1) is 0 Å². The minimum Gasteiger partial charge on any atom is -0.478 e. The largest absolute Gasteiger partial charge is 0.478 e. The third-order valence-corrected chi connectivity index (χ3v) is 11.4. The van der Waals surface area contributed by atoms with Crippen molar-refractivity contribution >= 4 is 20.0 Å². The highest BCUT2D eigenvalue weighted by Gasteiger charge is 2.50. The summed E-state index contributed by atoms with van der Waals surface area (Å²) in [5.41, 5.74) is 0.518. The molecule has 0 bridgehead atoms. The molecule has 0 rings (SSSR count). The zero-order valence-electron chi connectivity index (χ0n) is 12.9. The molecule has 5 heteroatoms. The van der Waals surface area contributed by atoms with Crippen molar-refractivity contribution in [1.29, 1.82) is 0 Å². The predicted molar refractivity (Wildman–Crippen MR) is 79.0 cm³/mol. The molecule has 0 heterocycles. The van der Waals surface area contributed by atoms with Crippen LogP contribution in [0.4, 0.5) is 0 Å². The average molecular weight is 286 g/mol. The monoisotopic (exact) mass is 286 g/mol. The van der Waals surface area contributed by atoms with E-state index in [4.69, 9.17) is 0 Å². The lowest BCUT2D eigenvalue weighted by atomic mass is 10.3. The summed E-state index contributed by atoms with van der Waals surface area (Å²) >= 11 is 0. The topological polar surface area (TPSA) is 74.6 Å². The van der Waals surface area contributed by atoms with Gasteiger partial charge in [-0.15, -0.1) is 0 Å². The molecule has 0 unspecified atom stereocenters. The second kappa shape index (κ2) is 6.37. The number of carbonyl (C=O) groups is 2. The lowest BCUT2D eigenvalue weighted by Gasteiger charge is -2.44. The third-order valence-electron chi connectivity index (χ3n) is 4.21. The first-order chi connectivity index (χ1) is 8.51. The highest BCUT2D eigenvalue weighted by Crippen LogP contribution is 2.47. The first kappa shape index (κ1) is 17.9. The van der Waals surface area contributed by atoms with E-state index < -0.39 is 20.0 Å². The van der Waals surface area contributed by atoms with Crippen molar-refractivity contribution in [2.75, 3.05) is 0 Å². The molecule has 0 aromatic carbocycles. The zero-order valence-corrected chi connectivity index (χ0v) is 13.9. The molecule has 19 heavy (non-hydrogen) atoms. The van der Waals surface area contributed by atoms with Crippen LogP contribution in [0.3, 0.4) is 0 Å². The minimum atomic E-state index is -2.45. The van der Waals surface area contributed by atoms with Crippen LogP contribution in [-0.2, 0) is 9.59 Å². The molecule has 0 fully saturated rings. The normalized spacial score (nSPS) is 14.0. The number of carboxylic acids is 2. The molecule has 0 aliphatic rings. The average Bonchev–Trinajstić information content (AvgIpc) is 2.21. The van der Waals surface area contributed by atoms with Crippen LogP contribution in [-0.4, -0.2) is 30.2 Å². The fourth-order valence-electron chi connectivity index (χ4n) is 3.64. The first-order valence-electron chi connectivity index (χ1n) is 6.69. The Morgan fingerprint density at radius 3 is 1.26 bits per heavy atom. The van der Waals surface area contributed by atoms with Crippen molar-refractivity contribution in [2.24, 2.45) is 0 Å². The summed E-state index contributed by atoms with van der Waals surface area (Å²) in [6, 6.07) is 0. The van der Waals surface area contributed by atoms with Gasteiger partial charge in [0.2, 0.25) is 0 Å². The van der Waals surface area contributed by atoms with E-state index in [1.807, 2.05) is 41.5 Å². The molecule has 0 spiro atoms. The SMILES string of the molecule is CC(C(=O)O)=C(C(=O)O)[Si](C(C)C)(C(C)C)C(C)C. The number of aliphatic carboxylic acids is 2. The van der Waals surface area contributed by atoms with Crippen molar-refractivity contribution in [1.82, 2.24) is 0 Å². The molecule has 0 atom stereocenters. The van der Waals surface area contributed by atoms with E-state index in [1.165, 1.54) is 6.92 Å². The van der Waals surface area contributed by atoms with Crippen LogP contribution in [0.2, 0.25) is 16.6 Å². The molecule has 0 saturated heterocycles. The molecule has 0 aromatic heterocycles. The molecule has 0 aliphatic heterocycles. The Balaban J connectivity index is 6.47. The van der Waals surface area contributed by atoms with Crippen LogP contribution in [0, 0.1) is 0 Å². The lowest BCUT2D eigenvalue weighted by Crippen LogP contribution is -2.50. The maximum absolute atomic E-state index is 11.7. The van der Waals surface area contributed by atoms with E-state index in [2.05, 4.69) is 0 Å². The summed E-state index contributed by atoms with van der Waals surface area (Å²) in [5.74, 6) is -2.20. The van der Waals surface area contributed by atoms with Crippen LogP contribution in [0.25, 0.3) is 0 Å². The third kappa shape index (κ3) is 3.08. The first-order valence-corrected chi connectivity index (χ1v) is 8.92. The summed E-state index contributed by atoms with van der Waals surface area (Å²) in [6.45, 7) is 13.5. The highest BCUT2D eigenvalue weighted by molar-refractivity contribution is 6.93. The predicted octanol–water partition coefficient (Wildman–Crippen LogP) is 3.69. The summed E-state index contributed by atoms with van der Waals surface area (Å²) in [4.78, 5) is 23.0. The van der Waals surface area contributed by atoms with Gasteiger partial charge in [-0.25, -0.2) is 9.59 Å². The van der Waals surface area contributed by atoms with Crippen LogP contribution in [0.1, 0.15) is 48.5 Å². The Morgan fingerprint density at radius 1 is 0.789 bits per heavy atom. The molecule has 2 N–H and O–H groups in total.